The fourth-order valence-corrected chi connectivity index (χ4v) is 2.86. The van der Waals surface area contributed by atoms with Crippen molar-refractivity contribution in [2.24, 2.45) is 5.92 Å². The number of nitrogens with one attached hydrogen (secondary N) is 1. The molecule has 0 saturated carbocycles. The zero-order valence-corrected chi connectivity index (χ0v) is 11.0. The molecule has 1 fully saturated rings. The number of hydrogen-bond acceptors (Lipinski definition) is 5. The Morgan fingerprint density at radius 2 is 2.31 bits per heavy atom. The average molecular weight is 240 g/mol. The first-order valence-electron chi connectivity index (χ1n) is 5.95. The Morgan fingerprint density at radius 3 is 3.06 bits per heavy atom. The zero-order valence-electron chi connectivity index (χ0n) is 10.2. The smallest absolute Gasteiger partial charge is 0.134 e. The summed E-state index contributed by atoms with van der Waals surface area (Å²) in [6.07, 6.45) is 2.66. The van der Waals surface area contributed by atoms with E-state index in [1.165, 1.54) is 30.9 Å². The van der Waals surface area contributed by atoms with Crippen molar-refractivity contribution >= 4 is 16.5 Å². The molecule has 1 aliphatic rings. The first-order valence-corrected chi connectivity index (χ1v) is 6.72. The van der Waals surface area contributed by atoms with E-state index in [0.29, 0.717) is 6.04 Å². The molecule has 1 aromatic heterocycles. The van der Waals surface area contributed by atoms with E-state index in [1.54, 1.807) is 0 Å². The zero-order chi connectivity index (χ0) is 11.5. The summed E-state index contributed by atoms with van der Waals surface area (Å²) >= 11 is 1.44. The summed E-state index contributed by atoms with van der Waals surface area (Å²) in [6.45, 7) is 6.78. The van der Waals surface area contributed by atoms with Gasteiger partial charge in [-0.05, 0) is 32.2 Å². The Morgan fingerprint density at radius 1 is 1.50 bits per heavy atom. The topological polar surface area (TPSA) is 41.1 Å². The number of likely N-dealkylation sites (tertiary alicyclic amines) is 1. The number of nitrogens with zero attached hydrogens (tertiary/aromatic N) is 3. The van der Waals surface area contributed by atoms with E-state index in [9.17, 15) is 0 Å². The Labute approximate surface area is 101 Å². The Balaban J connectivity index is 2.03. The molecule has 2 heterocycles. The highest BCUT2D eigenvalue weighted by Gasteiger charge is 2.25. The Hall–Kier alpha value is -0.680. The van der Waals surface area contributed by atoms with Crippen LogP contribution in [0.1, 0.15) is 32.4 Å². The number of hydrogen-bond donors (Lipinski definition) is 1. The van der Waals surface area contributed by atoms with Crippen LogP contribution in [0.3, 0.4) is 0 Å². The number of anilines is 1. The molecule has 0 aromatic carbocycles. The first-order chi connectivity index (χ1) is 7.72. The lowest BCUT2D eigenvalue weighted by Gasteiger charge is -2.37. The molecule has 0 bridgehead atoms. The van der Waals surface area contributed by atoms with Crippen LogP contribution < -0.4 is 5.32 Å². The maximum Gasteiger partial charge on any atom is 0.134 e. The van der Waals surface area contributed by atoms with Gasteiger partial charge in [0.25, 0.3) is 0 Å². The minimum atomic E-state index is 0.653. The standard InChI is InChI=1S/C11H20N4S/c1-8-5-4-6-15(9(8)2)7-10-11(12-3)16-14-13-10/h8-9,12H,4-7H2,1-3H3. The third kappa shape index (κ3) is 2.35. The molecular formula is C11H20N4S. The van der Waals surface area contributed by atoms with Crippen molar-refractivity contribution in [2.45, 2.75) is 39.3 Å². The van der Waals surface area contributed by atoms with Gasteiger partial charge in [0.05, 0.1) is 0 Å². The van der Waals surface area contributed by atoms with E-state index in [2.05, 4.69) is 33.7 Å². The SMILES string of the molecule is CNc1snnc1CN1CCCC(C)C1C. The number of piperidine rings is 1. The van der Waals surface area contributed by atoms with Crippen LogP contribution in [-0.4, -0.2) is 34.1 Å². The molecule has 2 rings (SSSR count). The summed E-state index contributed by atoms with van der Waals surface area (Å²) in [4.78, 5) is 2.52. The lowest BCUT2D eigenvalue weighted by molar-refractivity contribution is 0.105. The van der Waals surface area contributed by atoms with E-state index in [0.717, 1.165) is 23.2 Å². The average Bonchev–Trinajstić information content (AvgIpc) is 2.72. The maximum atomic E-state index is 4.20. The van der Waals surface area contributed by atoms with Crippen molar-refractivity contribution in [1.29, 1.82) is 0 Å². The minimum absolute atomic E-state index is 0.653. The largest absolute Gasteiger partial charge is 0.377 e. The van der Waals surface area contributed by atoms with Crippen molar-refractivity contribution in [3.63, 3.8) is 0 Å². The maximum absolute atomic E-state index is 4.20. The molecular weight excluding hydrogens is 220 g/mol. The van der Waals surface area contributed by atoms with Crippen molar-refractivity contribution in [3.8, 4) is 0 Å². The van der Waals surface area contributed by atoms with E-state index >= 15 is 0 Å². The van der Waals surface area contributed by atoms with E-state index in [-0.39, 0.29) is 0 Å². The second-order valence-corrected chi connectivity index (χ2v) is 5.38. The molecule has 5 heteroatoms. The third-order valence-corrected chi connectivity index (χ3v) is 4.43. The molecule has 90 valence electrons. The fourth-order valence-electron chi connectivity index (χ4n) is 2.34. The Kier molecular flexibility index (Phi) is 3.76. The molecule has 1 aromatic rings. The number of aromatic nitrogens is 2. The molecule has 0 aliphatic carbocycles. The van der Waals surface area contributed by atoms with Gasteiger partial charge in [-0.25, -0.2) is 0 Å². The van der Waals surface area contributed by atoms with Crippen LogP contribution in [0.2, 0.25) is 0 Å². The summed E-state index contributed by atoms with van der Waals surface area (Å²) in [7, 11) is 1.93. The van der Waals surface area contributed by atoms with Gasteiger partial charge in [0.2, 0.25) is 0 Å². The second-order valence-electron chi connectivity index (χ2n) is 4.63. The van der Waals surface area contributed by atoms with Crippen molar-refractivity contribution in [2.75, 3.05) is 18.9 Å². The highest BCUT2D eigenvalue weighted by atomic mass is 32.1. The van der Waals surface area contributed by atoms with Gasteiger partial charge >= 0.3 is 0 Å². The second kappa shape index (κ2) is 5.10. The minimum Gasteiger partial charge on any atom is -0.377 e. The van der Waals surface area contributed by atoms with Gasteiger partial charge in [0.1, 0.15) is 10.7 Å². The first kappa shape index (κ1) is 11.8. The summed E-state index contributed by atoms with van der Waals surface area (Å²) in [5.74, 6) is 0.790. The molecule has 4 nitrogen and oxygen atoms in total. The summed E-state index contributed by atoms with van der Waals surface area (Å²) in [6, 6.07) is 0.653. The van der Waals surface area contributed by atoms with Crippen molar-refractivity contribution in [3.05, 3.63) is 5.69 Å². The van der Waals surface area contributed by atoms with Crippen LogP contribution in [0.5, 0.6) is 0 Å². The highest BCUT2D eigenvalue weighted by molar-refractivity contribution is 7.10. The molecule has 16 heavy (non-hydrogen) atoms. The molecule has 1 N–H and O–H groups in total. The lowest BCUT2D eigenvalue weighted by Crippen LogP contribution is -2.41. The van der Waals surface area contributed by atoms with Crippen LogP contribution in [0.15, 0.2) is 0 Å². The van der Waals surface area contributed by atoms with Gasteiger partial charge in [-0.3, -0.25) is 4.90 Å². The predicted octanol–water partition coefficient (Wildman–Crippen LogP) is 2.20. The van der Waals surface area contributed by atoms with Gasteiger partial charge in [-0.15, -0.1) is 5.10 Å². The van der Waals surface area contributed by atoms with E-state index < -0.39 is 0 Å². The van der Waals surface area contributed by atoms with Crippen molar-refractivity contribution < 1.29 is 0 Å². The normalized spacial score (nSPS) is 26.9. The highest BCUT2D eigenvalue weighted by Crippen LogP contribution is 2.26. The molecule has 2 unspecified atom stereocenters. The monoisotopic (exact) mass is 240 g/mol. The molecule has 0 spiro atoms. The Bertz CT molecular complexity index is 338. The molecule has 2 atom stereocenters. The van der Waals surface area contributed by atoms with Crippen LogP contribution in [0, 0.1) is 5.92 Å². The van der Waals surface area contributed by atoms with Crippen molar-refractivity contribution in [1.82, 2.24) is 14.5 Å². The molecule has 1 aliphatic heterocycles. The summed E-state index contributed by atoms with van der Waals surface area (Å²) in [5.41, 5.74) is 1.09. The van der Waals surface area contributed by atoms with Gasteiger partial charge in [0, 0.05) is 31.2 Å². The predicted molar refractivity (Wildman–Crippen MR) is 67.7 cm³/mol. The van der Waals surface area contributed by atoms with Gasteiger partial charge in [-0.1, -0.05) is 11.4 Å². The summed E-state index contributed by atoms with van der Waals surface area (Å²) < 4.78 is 4.01. The van der Waals surface area contributed by atoms with E-state index in [4.69, 9.17) is 0 Å². The van der Waals surface area contributed by atoms with Gasteiger partial charge < -0.3 is 5.32 Å². The van der Waals surface area contributed by atoms with E-state index in [1.807, 2.05) is 7.05 Å². The quantitative estimate of drug-likeness (QED) is 0.879. The van der Waals surface area contributed by atoms with Crippen LogP contribution in [-0.2, 0) is 6.54 Å². The third-order valence-electron chi connectivity index (χ3n) is 3.64. The number of rotatable bonds is 3. The molecule has 0 amide bonds. The van der Waals surface area contributed by atoms with Crippen LogP contribution in [0.4, 0.5) is 5.00 Å². The fraction of sp³-hybridized carbons (Fsp3) is 0.818. The summed E-state index contributed by atoms with van der Waals surface area (Å²) in [5, 5.41) is 8.47. The van der Waals surface area contributed by atoms with Crippen LogP contribution >= 0.6 is 11.5 Å². The molecule has 0 radical (unpaired) electrons. The van der Waals surface area contributed by atoms with Crippen LogP contribution in [0.25, 0.3) is 0 Å². The van der Waals surface area contributed by atoms with Gasteiger partial charge in [0.15, 0.2) is 0 Å². The molecule has 1 saturated heterocycles. The van der Waals surface area contributed by atoms with Gasteiger partial charge in [-0.2, -0.15) is 0 Å². The lowest BCUT2D eigenvalue weighted by atomic mass is 9.92.